The number of hydrogen-bond acceptors (Lipinski definition) is 3. The van der Waals surface area contributed by atoms with Crippen molar-refractivity contribution in [2.75, 3.05) is 13.2 Å². The molecule has 0 aromatic heterocycles. The molecule has 1 unspecified atom stereocenters. The number of ether oxygens (including phenoxy) is 1. The molecule has 0 bridgehead atoms. The Morgan fingerprint density at radius 2 is 2.17 bits per heavy atom. The van der Waals surface area contributed by atoms with E-state index in [2.05, 4.69) is 10.1 Å². The van der Waals surface area contributed by atoms with Crippen molar-refractivity contribution >= 4 is 6.09 Å². The molecule has 0 saturated carbocycles. The van der Waals surface area contributed by atoms with Gasteiger partial charge in [-0.1, -0.05) is 13.8 Å². The molecule has 0 fully saturated rings. The van der Waals surface area contributed by atoms with Gasteiger partial charge in [-0.3, -0.25) is 0 Å². The van der Waals surface area contributed by atoms with Gasteiger partial charge in [-0.25, -0.2) is 4.79 Å². The number of rotatable bonds is 4. The Balaban J connectivity index is 3.47. The molecule has 4 heteroatoms. The van der Waals surface area contributed by atoms with Crippen molar-refractivity contribution in [3.05, 3.63) is 0 Å². The molecule has 1 amide bonds. The maximum Gasteiger partial charge on any atom is 0.407 e. The first kappa shape index (κ1) is 11.2. The smallest absolute Gasteiger partial charge is 0.407 e. The summed E-state index contributed by atoms with van der Waals surface area (Å²) in [6, 6.07) is -0.00518. The Labute approximate surface area is 73.5 Å². The highest BCUT2D eigenvalue weighted by Crippen LogP contribution is 1.95. The van der Waals surface area contributed by atoms with Gasteiger partial charge in [0.2, 0.25) is 0 Å². The molecular formula is C8H18N2O2. The van der Waals surface area contributed by atoms with Gasteiger partial charge in [0.1, 0.15) is 0 Å². The minimum absolute atomic E-state index is 0.00518. The first-order chi connectivity index (χ1) is 5.57. The number of carbonyl (C=O) groups is 1. The summed E-state index contributed by atoms with van der Waals surface area (Å²) in [5.74, 6) is 0.368. The van der Waals surface area contributed by atoms with Gasteiger partial charge in [-0.2, -0.15) is 0 Å². The summed E-state index contributed by atoms with van der Waals surface area (Å²) >= 11 is 0. The average molecular weight is 174 g/mol. The zero-order valence-corrected chi connectivity index (χ0v) is 7.96. The van der Waals surface area contributed by atoms with Crippen molar-refractivity contribution in [3.63, 3.8) is 0 Å². The van der Waals surface area contributed by atoms with Crippen molar-refractivity contribution in [1.29, 1.82) is 0 Å². The Morgan fingerprint density at radius 1 is 1.58 bits per heavy atom. The van der Waals surface area contributed by atoms with E-state index in [1.807, 2.05) is 13.8 Å². The molecule has 0 spiro atoms. The number of nitrogens with two attached hydrogens (primary N) is 1. The highest BCUT2D eigenvalue weighted by atomic mass is 16.5. The Bertz CT molecular complexity index is 137. The first-order valence-corrected chi connectivity index (χ1v) is 4.24. The molecule has 0 radical (unpaired) electrons. The van der Waals surface area contributed by atoms with E-state index in [1.165, 1.54) is 0 Å². The molecule has 4 nitrogen and oxygen atoms in total. The van der Waals surface area contributed by atoms with Gasteiger partial charge < -0.3 is 15.8 Å². The van der Waals surface area contributed by atoms with Crippen molar-refractivity contribution in [2.24, 2.45) is 11.7 Å². The van der Waals surface area contributed by atoms with E-state index in [4.69, 9.17) is 5.73 Å². The molecular weight excluding hydrogens is 156 g/mol. The second-order valence-corrected chi connectivity index (χ2v) is 3.01. The summed E-state index contributed by atoms with van der Waals surface area (Å²) in [6.07, 6.45) is -0.395. The normalized spacial score (nSPS) is 12.8. The van der Waals surface area contributed by atoms with Crippen LogP contribution in [-0.4, -0.2) is 25.3 Å². The van der Waals surface area contributed by atoms with E-state index >= 15 is 0 Å². The lowest BCUT2D eigenvalue weighted by Gasteiger charge is -2.15. The molecule has 0 aliphatic heterocycles. The number of amides is 1. The molecule has 72 valence electrons. The number of carbonyl (C=O) groups excluding carboxylic acids is 1. The van der Waals surface area contributed by atoms with Crippen LogP contribution in [0, 0.1) is 5.92 Å². The fraction of sp³-hybridized carbons (Fsp3) is 0.875. The largest absolute Gasteiger partial charge is 0.450 e. The Hall–Kier alpha value is -0.770. The maximum atomic E-state index is 10.8. The van der Waals surface area contributed by atoms with E-state index < -0.39 is 6.09 Å². The second kappa shape index (κ2) is 5.83. The highest BCUT2D eigenvalue weighted by molar-refractivity contribution is 5.67. The van der Waals surface area contributed by atoms with E-state index in [9.17, 15) is 4.79 Å². The predicted molar refractivity (Wildman–Crippen MR) is 47.8 cm³/mol. The summed E-state index contributed by atoms with van der Waals surface area (Å²) in [5.41, 5.74) is 5.69. The van der Waals surface area contributed by atoms with Gasteiger partial charge in [0.25, 0.3) is 0 Å². The average Bonchev–Trinajstić information content (AvgIpc) is 2.00. The molecule has 1 atom stereocenters. The van der Waals surface area contributed by atoms with Crippen LogP contribution in [0.2, 0.25) is 0 Å². The third-order valence-electron chi connectivity index (χ3n) is 1.61. The molecule has 0 aliphatic carbocycles. The molecule has 12 heavy (non-hydrogen) atoms. The Kier molecular flexibility index (Phi) is 5.45. The summed E-state index contributed by atoms with van der Waals surface area (Å²) < 4.78 is 4.67. The van der Waals surface area contributed by atoms with Gasteiger partial charge in [0.05, 0.1) is 6.61 Å². The van der Waals surface area contributed by atoms with Crippen LogP contribution >= 0.6 is 0 Å². The fourth-order valence-corrected chi connectivity index (χ4v) is 0.619. The minimum Gasteiger partial charge on any atom is -0.450 e. The zero-order valence-electron chi connectivity index (χ0n) is 7.96. The Morgan fingerprint density at radius 3 is 2.58 bits per heavy atom. The van der Waals surface area contributed by atoms with Crippen molar-refractivity contribution in [1.82, 2.24) is 5.32 Å². The molecule has 0 aromatic rings. The number of hydrogen-bond donors (Lipinski definition) is 2. The predicted octanol–water partition coefficient (Wildman–Crippen LogP) is 0.716. The summed E-state index contributed by atoms with van der Waals surface area (Å²) in [7, 11) is 0. The summed E-state index contributed by atoms with van der Waals surface area (Å²) in [4.78, 5) is 10.8. The number of alkyl carbamates (subject to hydrolysis) is 1. The standard InChI is InChI=1S/C8H18N2O2/c1-4-12-8(11)10-5-7(9)6(2)3/h6-7H,4-5,9H2,1-3H3,(H,10,11). The van der Waals surface area contributed by atoms with Gasteiger partial charge in [0, 0.05) is 12.6 Å². The van der Waals surface area contributed by atoms with Crippen molar-refractivity contribution < 1.29 is 9.53 Å². The van der Waals surface area contributed by atoms with E-state index in [0.29, 0.717) is 19.1 Å². The second-order valence-electron chi connectivity index (χ2n) is 3.01. The number of nitrogens with one attached hydrogen (secondary N) is 1. The zero-order chi connectivity index (χ0) is 9.56. The SMILES string of the molecule is CCOC(=O)NCC(N)C(C)C. The van der Waals surface area contributed by atoms with Crippen LogP contribution in [0.4, 0.5) is 4.79 Å². The molecule has 0 rings (SSSR count). The van der Waals surface area contributed by atoms with Crippen LogP contribution in [-0.2, 0) is 4.74 Å². The van der Waals surface area contributed by atoms with E-state index in [-0.39, 0.29) is 6.04 Å². The summed E-state index contributed by atoms with van der Waals surface area (Å²) in [6.45, 7) is 6.65. The van der Waals surface area contributed by atoms with Crippen LogP contribution in [0.5, 0.6) is 0 Å². The quantitative estimate of drug-likeness (QED) is 0.660. The third kappa shape index (κ3) is 4.96. The van der Waals surface area contributed by atoms with E-state index in [1.54, 1.807) is 6.92 Å². The first-order valence-electron chi connectivity index (χ1n) is 4.24. The lowest BCUT2D eigenvalue weighted by atomic mass is 10.1. The van der Waals surface area contributed by atoms with Gasteiger partial charge >= 0.3 is 6.09 Å². The lowest BCUT2D eigenvalue weighted by Crippen LogP contribution is -2.40. The third-order valence-corrected chi connectivity index (χ3v) is 1.61. The molecule has 0 heterocycles. The van der Waals surface area contributed by atoms with Gasteiger partial charge in [-0.15, -0.1) is 0 Å². The van der Waals surface area contributed by atoms with Gasteiger partial charge in [0.15, 0.2) is 0 Å². The van der Waals surface area contributed by atoms with E-state index in [0.717, 1.165) is 0 Å². The molecule has 0 aromatic carbocycles. The van der Waals surface area contributed by atoms with Crippen LogP contribution in [0.3, 0.4) is 0 Å². The molecule has 3 N–H and O–H groups in total. The lowest BCUT2D eigenvalue weighted by molar-refractivity contribution is 0.151. The molecule has 0 aliphatic rings. The maximum absolute atomic E-state index is 10.8. The van der Waals surface area contributed by atoms with Crippen molar-refractivity contribution in [2.45, 2.75) is 26.8 Å². The highest BCUT2D eigenvalue weighted by Gasteiger charge is 2.08. The van der Waals surface area contributed by atoms with Gasteiger partial charge in [-0.05, 0) is 12.8 Å². The molecule has 0 saturated heterocycles. The fourth-order valence-electron chi connectivity index (χ4n) is 0.619. The van der Waals surface area contributed by atoms with Crippen LogP contribution < -0.4 is 11.1 Å². The van der Waals surface area contributed by atoms with Crippen LogP contribution in [0.15, 0.2) is 0 Å². The monoisotopic (exact) mass is 174 g/mol. The van der Waals surface area contributed by atoms with Crippen molar-refractivity contribution in [3.8, 4) is 0 Å². The topological polar surface area (TPSA) is 64.3 Å². The minimum atomic E-state index is -0.395. The summed E-state index contributed by atoms with van der Waals surface area (Å²) in [5, 5.41) is 2.58. The van der Waals surface area contributed by atoms with Crippen LogP contribution in [0.1, 0.15) is 20.8 Å². The van der Waals surface area contributed by atoms with Crippen LogP contribution in [0.25, 0.3) is 0 Å².